The van der Waals surface area contributed by atoms with Gasteiger partial charge in [-0.15, -0.1) is 0 Å². The SMILES string of the molecule is Cc1ccc(N2CC(C(=O)Nc3nc4c(s3)C(=O)CC(C)(C)C4)CC2=O)cc1. The number of aromatic nitrogens is 1. The molecule has 1 fully saturated rings. The number of anilines is 2. The van der Waals surface area contributed by atoms with Crippen LogP contribution in [0.5, 0.6) is 0 Å². The number of carbonyl (C=O) groups is 3. The summed E-state index contributed by atoms with van der Waals surface area (Å²) in [6.07, 6.45) is 1.40. The molecule has 6 nitrogen and oxygen atoms in total. The molecule has 0 radical (unpaired) electrons. The lowest BCUT2D eigenvalue weighted by molar-refractivity contribution is -0.122. The van der Waals surface area contributed by atoms with Gasteiger partial charge in [0.1, 0.15) is 0 Å². The fourth-order valence-corrected chi connectivity index (χ4v) is 4.76. The van der Waals surface area contributed by atoms with Gasteiger partial charge in [-0.1, -0.05) is 42.9 Å². The first-order valence-corrected chi connectivity index (χ1v) is 10.2. The predicted molar refractivity (Wildman–Crippen MR) is 109 cm³/mol. The van der Waals surface area contributed by atoms with E-state index in [1.54, 1.807) is 4.90 Å². The van der Waals surface area contributed by atoms with Gasteiger partial charge in [0.15, 0.2) is 10.9 Å². The van der Waals surface area contributed by atoms with Crippen molar-refractivity contribution in [1.29, 1.82) is 0 Å². The molecule has 0 saturated carbocycles. The van der Waals surface area contributed by atoms with Gasteiger partial charge >= 0.3 is 0 Å². The zero-order chi connectivity index (χ0) is 20.1. The first-order valence-electron chi connectivity index (χ1n) is 9.43. The van der Waals surface area contributed by atoms with Crippen LogP contribution in [0.3, 0.4) is 0 Å². The highest BCUT2D eigenvalue weighted by molar-refractivity contribution is 7.17. The van der Waals surface area contributed by atoms with Crippen molar-refractivity contribution in [3.8, 4) is 0 Å². The molecule has 4 rings (SSSR count). The van der Waals surface area contributed by atoms with Gasteiger partial charge in [-0.2, -0.15) is 0 Å². The number of thiazole rings is 1. The van der Waals surface area contributed by atoms with E-state index in [0.29, 0.717) is 23.0 Å². The lowest BCUT2D eigenvalue weighted by Crippen LogP contribution is -2.28. The molecule has 1 aliphatic heterocycles. The first kappa shape index (κ1) is 18.8. The van der Waals surface area contributed by atoms with Crippen molar-refractivity contribution in [2.24, 2.45) is 11.3 Å². The highest BCUT2D eigenvalue weighted by Gasteiger charge is 2.37. The van der Waals surface area contributed by atoms with E-state index in [9.17, 15) is 14.4 Å². The molecule has 2 aliphatic rings. The minimum atomic E-state index is -0.429. The third-order valence-electron chi connectivity index (χ3n) is 5.31. The second kappa shape index (κ2) is 6.81. The molecule has 1 aromatic carbocycles. The van der Waals surface area contributed by atoms with Gasteiger partial charge in [0.25, 0.3) is 0 Å². The summed E-state index contributed by atoms with van der Waals surface area (Å²) in [5, 5.41) is 3.27. The Morgan fingerprint density at radius 2 is 1.93 bits per heavy atom. The Morgan fingerprint density at radius 1 is 1.21 bits per heavy atom. The number of carbonyl (C=O) groups excluding carboxylic acids is 3. The molecule has 2 heterocycles. The maximum Gasteiger partial charge on any atom is 0.231 e. The summed E-state index contributed by atoms with van der Waals surface area (Å²) >= 11 is 1.24. The number of rotatable bonds is 3. The molecule has 1 aromatic heterocycles. The fraction of sp³-hybridized carbons (Fsp3) is 0.429. The Balaban J connectivity index is 1.46. The number of ketones is 1. The van der Waals surface area contributed by atoms with Gasteiger partial charge in [0.2, 0.25) is 11.8 Å². The molecule has 0 spiro atoms. The van der Waals surface area contributed by atoms with E-state index in [2.05, 4.69) is 24.1 Å². The summed E-state index contributed by atoms with van der Waals surface area (Å²) in [7, 11) is 0. The first-order chi connectivity index (χ1) is 13.2. The molecule has 28 heavy (non-hydrogen) atoms. The maximum absolute atomic E-state index is 12.7. The van der Waals surface area contributed by atoms with Crippen LogP contribution in [0.2, 0.25) is 0 Å². The zero-order valence-corrected chi connectivity index (χ0v) is 17.1. The third kappa shape index (κ3) is 3.58. The lowest BCUT2D eigenvalue weighted by Gasteiger charge is -2.26. The van der Waals surface area contributed by atoms with Crippen molar-refractivity contribution in [2.75, 3.05) is 16.8 Å². The summed E-state index contributed by atoms with van der Waals surface area (Å²) < 4.78 is 0. The number of hydrogen-bond donors (Lipinski definition) is 1. The van der Waals surface area contributed by atoms with Crippen LogP contribution in [0.1, 0.15) is 47.6 Å². The van der Waals surface area contributed by atoms with E-state index >= 15 is 0 Å². The van der Waals surface area contributed by atoms with E-state index in [1.807, 2.05) is 31.2 Å². The van der Waals surface area contributed by atoms with Crippen LogP contribution in [0.15, 0.2) is 24.3 Å². The Hall–Kier alpha value is -2.54. The van der Waals surface area contributed by atoms with Crippen LogP contribution in [0, 0.1) is 18.3 Å². The monoisotopic (exact) mass is 397 g/mol. The quantitative estimate of drug-likeness (QED) is 0.858. The minimum absolute atomic E-state index is 0.0561. The summed E-state index contributed by atoms with van der Waals surface area (Å²) in [6, 6.07) is 7.70. The van der Waals surface area contributed by atoms with Crippen LogP contribution < -0.4 is 10.2 Å². The summed E-state index contributed by atoms with van der Waals surface area (Å²) in [4.78, 5) is 44.2. The minimum Gasteiger partial charge on any atom is -0.312 e. The van der Waals surface area contributed by atoms with Crippen LogP contribution in [0.25, 0.3) is 0 Å². The van der Waals surface area contributed by atoms with Crippen molar-refractivity contribution in [2.45, 2.75) is 40.0 Å². The Bertz CT molecular complexity index is 962. The van der Waals surface area contributed by atoms with Crippen molar-refractivity contribution in [1.82, 2.24) is 4.98 Å². The molecule has 1 aliphatic carbocycles. The molecule has 1 atom stereocenters. The van der Waals surface area contributed by atoms with Crippen molar-refractivity contribution >= 4 is 39.8 Å². The second-order valence-electron chi connectivity index (χ2n) is 8.47. The number of nitrogens with one attached hydrogen (secondary N) is 1. The Labute approximate surface area is 168 Å². The van der Waals surface area contributed by atoms with Gasteiger partial charge in [-0.05, 0) is 30.9 Å². The molecular formula is C21H23N3O3S. The third-order valence-corrected chi connectivity index (χ3v) is 6.36. The van der Waals surface area contributed by atoms with E-state index in [-0.39, 0.29) is 29.4 Å². The van der Waals surface area contributed by atoms with Crippen molar-refractivity contribution in [3.63, 3.8) is 0 Å². The van der Waals surface area contributed by atoms with E-state index in [4.69, 9.17) is 0 Å². The average molecular weight is 398 g/mol. The molecule has 1 N–H and O–H groups in total. The predicted octanol–water partition coefficient (Wildman–Crippen LogP) is 3.60. The summed E-state index contributed by atoms with van der Waals surface area (Å²) in [5.41, 5.74) is 2.59. The van der Waals surface area contributed by atoms with Crippen LogP contribution >= 0.6 is 11.3 Å². The number of hydrogen-bond acceptors (Lipinski definition) is 5. The van der Waals surface area contributed by atoms with Crippen LogP contribution in [0.4, 0.5) is 10.8 Å². The highest BCUT2D eigenvalue weighted by atomic mass is 32.1. The van der Waals surface area contributed by atoms with Gasteiger partial charge < -0.3 is 10.2 Å². The summed E-state index contributed by atoms with van der Waals surface area (Å²) in [5.74, 6) is -0.618. The van der Waals surface area contributed by atoms with Crippen molar-refractivity contribution < 1.29 is 14.4 Å². The number of Topliss-reactive ketones (excluding diaryl/α,β-unsaturated/α-hetero) is 1. The zero-order valence-electron chi connectivity index (χ0n) is 16.2. The van der Waals surface area contributed by atoms with Gasteiger partial charge in [0.05, 0.1) is 16.5 Å². The number of aryl methyl sites for hydroxylation is 1. The maximum atomic E-state index is 12.7. The highest BCUT2D eigenvalue weighted by Crippen LogP contribution is 2.38. The van der Waals surface area contributed by atoms with E-state index < -0.39 is 5.92 Å². The molecule has 2 amide bonds. The van der Waals surface area contributed by atoms with E-state index in [1.165, 1.54) is 11.3 Å². The molecule has 1 unspecified atom stereocenters. The van der Waals surface area contributed by atoms with Crippen molar-refractivity contribution in [3.05, 3.63) is 40.4 Å². The second-order valence-corrected chi connectivity index (χ2v) is 9.47. The molecule has 1 saturated heterocycles. The van der Waals surface area contributed by atoms with Gasteiger partial charge in [-0.25, -0.2) is 4.98 Å². The molecule has 7 heteroatoms. The van der Waals surface area contributed by atoms with Gasteiger partial charge in [0, 0.05) is 25.1 Å². The van der Waals surface area contributed by atoms with Crippen LogP contribution in [-0.2, 0) is 16.0 Å². The molecular weight excluding hydrogens is 374 g/mol. The summed E-state index contributed by atoms with van der Waals surface area (Å²) in [6.45, 7) is 6.45. The molecule has 2 aromatic rings. The van der Waals surface area contributed by atoms with E-state index in [0.717, 1.165) is 23.4 Å². The smallest absolute Gasteiger partial charge is 0.231 e. The normalized spacial score (nSPS) is 21.0. The number of nitrogens with zero attached hydrogens (tertiary/aromatic N) is 2. The number of benzene rings is 1. The number of amides is 2. The standard InChI is InChI=1S/C21H23N3O3S/c1-12-4-6-14(7-5-12)24-11-13(8-17(24)26)19(27)23-20-22-15-9-21(2,3)10-16(25)18(15)28-20/h4-7,13H,8-11H2,1-3H3,(H,22,23,27). The molecule has 0 bridgehead atoms. The Morgan fingerprint density at radius 3 is 2.64 bits per heavy atom. The lowest BCUT2D eigenvalue weighted by atomic mass is 9.78. The largest absolute Gasteiger partial charge is 0.312 e. The molecule has 146 valence electrons. The Kier molecular flexibility index (Phi) is 4.57. The van der Waals surface area contributed by atoms with Gasteiger partial charge in [-0.3, -0.25) is 14.4 Å². The van der Waals surface area contributed by atoms with Crippen LogP contribution in [-0.4, -0.2) is 29.1 Å². The number of fused-ring (bicyclic) bond motifs is 1. The fourth-order valence-electron chi connectivity index (χ4n) is 3.84. The average Bonchev–Trinajstić information content (AvgIpc) is 3.18. The topological polar surface area (TPSA) is 79.4 Å².